The minimum absolute atomic E-state index is 0.180. The fourth-order valence-electron chi connectivity index (χ4n) is 5.12. The highest BCUT2D eigenvalue weighted by molar-refractivity contribution is 5.72. The molecule has 5 rings (SSSR count). The van der Waals surface area contributed by atoms with Crippen LogP contribution in [0.5, 0.6) is 11.5 Å². The molecule has 0 amide bonds. The number of carbonyl (C=O) groups excluding carboxylic acids is 1. The molecule has 0 aromatic heterocycles. The van der Waals surface area contributed by atoms with E-state index in [0.29, 0.717) is 18.1 Å². The number of benzene rings is 4. The molecule has 0 aliphatic carbocycles. The van der Waals surface area contributed by atoms with Crippen LogP contribution < -0.4 is 9.47 Å². The van der Waals surface area contributed by atoms with Crippen molar-refractivity contribution in [2.24, 2.45) is 5.92 Å². The van der Waals surface area contributed by atoms with Crippen molar-refractivity contribution in [3.8, 4) is 11.5 Å². The zero-order valence-electron chi connectivity index (χ0n) is 21.0. The summed E-state index contributed by atoms with van der Waals surface area (Å²) in [5, 5.41) is 0. The van der Waals surface area contributed by atoms with Crippen LogP contribution in [0.15, 0.2) is 109 Å². The summed E-state index contributed by atoms with van der Waals surface area (Å²) in [4.78, 5) is 12.5. The second kappa shape index (κ2) is 10.9. The SMILES string of the molecule is COc1ccc([C@H]2OC(=O)C[C@@H]2COC(c2ccccc2)(c2ccccc2)c2ccccc2)cc1OC. The van der Waals surface area contributed by atoms with Crippen LogP contribution in [0.2, 0.25) is 0 Å². The number of rotatable bonds is 9. The molecular formula is C32H30O5. The number of esters is 1. The van der Waals surface area contributed by atoms with E-state index in [-0.39, 0.29) is 18.3 Å². The van der Waals surface area contributed by atoms with E-state index < -0.39 is 11.7 Å². The molecule has 1 fully saturated rings. The molecule has 1 saturated heterocycles. The van der Waals surface area contributed by atoms with Crippen molar-refractivity contribution in [3.05, 3.63) is 131 Å². The van der Waals surface area contributed by atoms with E-state index in [1.807, 2.05) is 72.8 Å². The first kappa shape index (κ1) is 24.6. The van der Waals surface area contributed by atoms with Crippen LogP contribution in [0.1, 0.15) is 34.8 Å². The van der Waals surface area contributed by atoms with Gasteiger partial charge in [-0.15, -0.1) is 0 Å². The molecule has 4 aromatic rings. The first-order valence-electron chi connectivity index (χ1n) is 12.4. The van der Waals surface area contributed by atoms with E-state index in [1.165, 1.54) is 0 Å². The fourth-order valence-corrected chi connectivity index (χ4v) is 5.12. The third-order valence-electron chi connectivity index (χ3n) is 6.91. The van der Waals surface area contributed by atoms with Crippen molar-refractivity contribution in [1.29, 1.82) is 0 Å². The molecular weight excluding hydrogens is 464 g/mol. The molecule has 37 heavy (non-hydrogen) atoms. The van der Waals surface area contributed by atoms with Gasteiger partial charge in [-0.2, -0.15) is 0 Å². The minimum atomic E-state index is -0.864. The lowest BCUT2D eigenvalue weighted by atomic mass is 9.80. The van der Waals surface area contributed by atoms with Crippen LogP contribution >= 0.6 is 0 Å². The zero-order chi connectivity index (χ0) is 25.7. The number of carbonyl (C=O) groups is 1. The summed E-state index contributed by atoms with van der Waals surface area (Å²) in [5.74, 6) is 0.800. The Morgan fingerprint density at radius 2 is 1.24 bits per heavy atom. The van der Waals surface area contributed by atoms with Crippen molar-refractivity contribution < 1.29 is 23.7 Å². The van der Waals surface area contributed by atoms with Gasteiger partial charge in [0, 0.05) is 5.92 Å². The first-order valence-corrected chi connectivity index (χ1v) is 12.4. The van der Waals surface area contributed by atoms with E-state index in [4.69, 9.17) is 18.9 Å². The summed E-state index contributed by atoms with van der Waals surface area (Å²) >= 11 is 0. The van der Waals surface area contributed by atoms with Gasteiger partial charge in [0.2, 0.25) is 0 Å². The highest BCUT2D eigenvalue weighted by atomic mass is 16.6. The van der Waals surface area contributed by atoms with Gasteiger partial charge in [0.15, 0.2) is 11.5 Å². The summed E-state index contributed by atoms with van der Waals surface area (Å²) in [6.07, 6.45) is -0.180. The Hall–Kier alpha value is -4.09. The van der Waals surface area contributed by atoms with Crippen LogP contribution in [0.25, 0.3) is 0 Å². The van der Waals surface area contributed by atoms with E-state index >= 15 is 0 Å². The van der Waals surface area contributed by atoms with E-state index in [1.54, 1.807) is 14.2 Å². The summed E-state index contributed by atoms with van der Waals surface area (Å²) < 4.78 is 23.7. The number of cyclic esters (lactones) is 1. The molecule has 188 valence electrons. The van der Waals surface area contributed by atoms with Crippen molar-refractivity contribution >= 4 is 5.97 Å². The van der Waals surface area contributed by atoms with E-state index in [2.05, 4.69) is 36.4 Å². The average molecular weight is 495 g/mol. The Bertz CT molecular complexity index is 1220. The Morgan fingerprint density at radius 3 is 1.73 bits per heavy atom. The van der Waals surface area contributed by atoms with E-state index in [9.17, 15) is 4.79 Å². The van der Waals surface area contributed by atoms with Gasteiger partial charge >= 0.3 is 5.97 Å². The molecule has 5 nitrogen and oxygen atoms in total. The van der Waals surface area contributed by atoms with Crippen LogP contribution in [-0.4, -0.2) is 26.8 Å². The molecule has 1 aliphatic rings. The third-order valence-corrected chi connectivity index (χ3v) is 6.91. The maximum Gasteiger partial charge on any atom is 0.306 e. The largest absolute Gasteiger partial charge is 0.493 e. The quantitative estimate of drug-likeness (QED) is 0.201. The lowest BCUT2D eigenvalue weighted by molar-refractivity contribution is -0.141. The normalized spacial score (nSPS) is 17.3. The maximum atomic E-state index is 12.5. The highest BCUT2D eigenvalue weighted by Crippen LogP contribution is 2.44. The van der Waals surface area contributed by atoms with Gasteiger partial charge in [-0.05, 0) is 34.4 Å². The summed E-state index contributed by atoms with van der Waals surface area (Å²) in [7, 11) is 3.19. The molecule has 0 bridgehead atoms. The molecule has 2 atom stereocenters. The Kier molecular flexibility index (Phi) is 7.24. The van der Waals surface area contributed by atoms with Crippen molar-refractivity contribution in [2.45, 2.75) is 18.1 Å². The Morgan fingerprint density at radius 1 is 0.730 bits per heavy atom. The molecule has 0 radical (unpaired) electrons. The highest BCUT2D eigenvalue weighted by Gasteiger charge is 2.42. The second-order valence-electron chi connectivity index (χ2n) is 9.08. The molecule has 0 N–H and O–H groups in total. The molecule has 1 aliphatic heterocycles. The summed E-state index contributed by atoms with van der Waals surface area (Å²) in [6, 6.07) is 36.3. The number of hydrogen-bond donors (Lipinski definition) is 0. The molecule has 0 saturated carbocycles. The first-order chi connectivity index (χ1) is 18.2. The fraction of sp³-hybridized carbons (Fsp3) is 0.219. The Balaban J connectivity index is 1.55. The topological polar surface area (TPSA) is 54.0 Å². The Labute approximate surface area is 217 Å². The van der Waals surface area contributed by atoms with Gasteiger partial charge in [-0.3, -0.25) is 4.79 Å². The number of methoxy groups -OCH3 is 2. The minimum Gasteiger partial charge on any atom is -0.493 e. The second-order valence-corrected chi connectivity index (χ2v) is 9.08. The molecule has 1 heterocycles. The van der Waals surface area contributed by atoms with Gasteiger partial charge < -0.3 is 18.9 Å². The van der Waals surface area contributed by atoms with Crippen molar-refractivity contribution in [1.82, 2.24) is 0 Å². The number of hydrogen-bond acceptors (Lipinski definition) is 5. The maximum absolute atomic E-state index is 12.5. The summed E-state index contributed by atoms with van der Waals surface area (Å²) in [5.41, 5.74) is 3.03. The lowest BCUT2D eigenvalue weighted by Gasteiger charge is -2.37. The zero-order valence-corrected chi connectivity index (χ0v) is 21.0. The average Bonchev–Trinajstić information content (AvgIpc) is 3.35. The third kappa shape index (κ3) is 4.83. The molecule has 5 heteroatoms. The van der Waals surface area contributed by atoms with Crippen LogP contribution in [0.3, 0.4) is 0 Å². The van der Waals surface area contributed by atoms with Crippen LogP contribution in [0, 0.1) is 5.92 Å². The smallest absolute Gasteiger partial charge is 0.306 e. The van der Waals surface area contributed by atoms with Crippen molar-refractivity contribution in [2.75, 3.05) is 20.8 Å². The van der Waals surface area contributed by atoms with Gasteiger partial charge in [0.1, 0.15) is 11.7 Å². The molecule has 0 spiro atoms. The van der Waals surface area contributed by atoms with Gasteiger partial charge in [0.25, 0.3) is 0 Å². The molecule has 4 aromatic carbocycles. The van der Waals surface area contributed by atoms with E-state index in [0.717, 1.165) is 22.3 Å². The lowest BCUT2D eigenvalue weighted by Crippen LogP contribution is -2.35. The van der Waals surface area contributed by atoms with Gasteiger partial charge in [-0.25, -0.2) is 0 Å². The predicted molar refractivity (Wildman–Crippen MR) is 142 cm³/mol. The van der Waals surface area contributed by atoms with Gasteiger partial charge in [0.05, 0.1) is 27.2 Å². The summed E-state index contributed by atoms with van der Waals surface area (Å²) in [6.45, 7) is 0.309. The monoisotopic (exact) mass is 494 g/mol. The predicted octanol–water partition coefficient (Wildman–Crippen LogP) is 6.32. The standard InChI is InChI=1S/C32H30O5/c1-34-28-19-18-23(20-29(28)35-2)31-24(21-30(33)37-31)22-36-32(25-12-6-3-7-13-25,26-14-8-4-9-15-26)27-16-10-5-11-17-27/h3-20,24,31H,21-22H2,1-2H3/t24-,31-/m1/s1. The van der Waals surface area contributed by atoms with Crippen LogP contribution in [-0.2, 0) is 19.9 Å². The number of ether oxygens (including phenoxy) is 4. The van der Waals surface area contributed by atoms with Crippen molar-refractivity contribution in [3.63, 3.8) is 0 Å². The van der Waals surface area contributed by atoms with Gasteiger partial charge in [-0.1, -0.05) is 97.1 Å². The van der Waals surface area contributed by atoms with Crippen LogP contribution in [0.4, 0.5) is 0 Å². The molecule has 0 unspecified atom stereocenters.